The molecule has 0 aliphatic carbocycles. The Balaban J connectivity index is 1.47. The number of carbonyl (C=O) groups is 1. The van der Waals surface area contributed by atoms with Gasteiger partial charge in [-0.25, -0.2) is 4.98 Å². The number of hydrogen-bond acceptors (Lipinski definition) is 6. The van der Waals surface area contributed by atoms with Gasteiger partial charge in [-0.2, -0.15) is 0 Å². The molecule has 1 aliphatic rings. The number of anilines is 1. The molecule has 0 radical (unpaired) electrons. The van der Waals surface area contributed by atoms with Crippen molar-refractivity contribution in [3.8, 4) is 22.8 Å². The molecule has 0 spiro atoms. The van der Waals surface area contributed by atoms with Crippen molar-refractivity contribution >= 4 is 49.0 Å². The van der Waals surface area contributed by atoms with E-state index in [0.29, 0.717) is 22.7 Å². The van der Waals surface area contributed by atoms with Crippen LogP contribution >= 0.6 is 27.3 Å². The van der Waals surface area contributed by atoms with E-state index in [9.17, 15) is 4.79 Å². The molecule has 5 nitrogen and oxygen atoms in total. The van der Waals surface area contributed by atoms with Crippen molar-refractivity contribution in [3.63, 3.8) is 0 Å². The summed E-state index contributed by atoms with van der Waals surface area (Å²) in [5, 5.41) is 0.805. The Hall–Kier alpha value is -2.90. The maximum absolute atomic E-state index is 12.9. The van der Waals surface area contributed by atoms with Crippen LogP contribution in [0.2, 0.25) is 0 Å². The first-order valence-electron chi connectivity index (χ1n) is 9.37. The van der Waals surface area contributed by atoms with Crippen LogP contribution in [0.1, 0.15) is 20.8 Å². The van der Waals surface area contributed by atoms with Gasteiger partial charge in [-0.1, -0.05) is 28.1 Å². The lowest BCUT2D eigenvalue weighted by Gasteiger charge is -2.04. The number of aryl methyl sites for hydroxylation is 1. The van der Waals surface area contributed by atoms with Crippen LogP contribution in [-0.2, 0) is 6.42 Å². The normalized spacial score (nSPS) is 12.5. The van der Waals surface area contributed by atoms with Gasteiger partial charge in [0.1, 0.15) is 4.83 Å². The van der Waals surface area contributed by atoms with E-state index in [1.165, 1.54) is 11.3 Å². The molecule has 4 aromatic rings. The van der Waals surface area contributed by atoms with Gasteiger partial charge in [0.05, 0.1) is 16.3 Å². The molecule has 1 aliphatic heterocycles. The first-order chi connectivity index (χ1) is 14.5. The number of carbonyl (C=O) groups excluding carboxylic acids is 1. The molecule has 150 valence electrons. The van der Waals surface area contributed by atoms with Crippen molar-refractivity contribution in [1.82, 2.24) is 4.98 Å². The third-order valence-electron chi connectivity index (χ3n) is 5.10. The first kappa shape index (κ1) is 19.1. The van der Waals surface area contributed by atoms with E-state index in [1.54, 1.807) is 0 Å². The number of nitrogen functional groups attached to an aromatic ring is 1. The molecule has 30 heavy (non-hydrogen) atoms. The minimum absolute atomic E-state index is 0.00171. The topological polar surface area (TPSA) is 74.4 Å². The van der Waals surface area contributed by atoms with Crippen molar-refractivity contribution in [3.05, 3.63) is 69.0 Å². The smallest absolute Gasteiger partial charge is 0.231 e. The van der Waals surface area contributed by atoms with Crippen molar-refractivity contribution < 1.29 is 14.3 Å². The van der Waals surface area contributed by atoms with Crippen LogP contribution in [-0.4, -0.2) is 17.6 Å². The van der Waals surface area contributed by atoms with Crippen LogP contribution in [0, 0.1) is 6.92 Å². The van der Waals surface area contributed by atoms with E-state index < -0.39 is 0 Å². The quantitative estimate of drug-likeness (QED) is 0.375. The molecule has 0 fully saturated rings. The maximum atomic E-state index is 12.9. The highest BCUT2D eigenvalue weighted by Gasteiger charge is 2.19. The van der Waals surface area contributed by atoms with Crippen LogP contribution in [0.5, 0.6) is 11.5 Å². The molecular formula is C23H17BrN2O3S. The molecule has 2 aromatic carbocycles. The molecule has 0 unspecified atom stereocenters. The van der Waals surface area contributed by atoms with Crippen molar-refractivity contribution in [2.24, 2.45) is 0 Å². The number of hydrogen-bond donors (Lipinski definition) is 1. The molecule has 0 atom stereocenters. The van der Waals surface area contributed by atoms with Crippen LogP contribution in [0.15, 0.2) is 53.0 Å². The third kappa shape index (κ3) is 3.34. The van der Waals surface area contributed by atoms with E-state index in [4.69, 9.17) is 20.2 Å². The average molecular weight is 481 g/mol. The largest absolute Gasteiger partial charge is 0.454 e. The van der Waals surface area contributed by atoms with Gasteiger partial charge in [0.15, 0.2) is 17.3 Å². The maximum Gasteiger partial charge on any atom is 0.231 e. The van der Waals surface area contributed by atoms with E-state index in [-0.39, 0.29) is 12.6 Å². The third-order valence-corrected chi connectivity index (χ3v) is 7.15. The van der Waals surface area contributed by atoms with E-state index in [2.05, 4.69) is 15.9 Å². The Bertz CT molecular complexity index is 1320. The summed E-state index contributed by atoms with van der Waals surface area (Å²) in [6.07, 6.45) is 0.306. The SMILES string of the molecule is Cc1cc(CC(=O)c2sc3nc(-c4ccc5c(c4)OCO5)ccc3c2N)ccc1Br. The van der Waals surface area contributed by atoms with E-state index in [1.807, 2.05) is 55.5 Å². The summed E-state index contributed by atoms with van der Waals surface area (Å²) in [4.78, 5) is 19.0. The van der Waals surface area contributed by atoms with Gasteiger partial charge in [-0.05, 0) is 54.4 Å². The molecule has 2 N–H and O–H groups in total. The molecule has 0 amide bonds. The number of nitrogens with zero attached hydrogens (tertiary/aromatic N) is 1. The van der Waals surface area contributed by atoms with Gasteiger partial charge < -0.3 is 15.2 Å². The zero-order valence-electron chi connectivity index (χ0n) is 16.1. The molecular weight excluding hydrogens is 464 g/mol. The van der Waals surface area contributed by atoms with Crippen LogP contribution in [0.4, 0.5) is 5.69 Å². The zero-order valence-corrected chi connectivity index (χ0v) is 18.5. The molecule has 0 saturated heterocycles. The zero-order chi connectivity index (χ0) is 20.8. The van der Waals surface area contributed by atoms with Crippen molar-refractivity contribution in [2.75, 3.05) is 12.5 Å². The number of benzene rings is 2. The number of fused-ring (bicyclic) bond motifs is 2. The van der Waals surface area contributed by atoms with Crippen LogP contribution < -0.4 is 15.2 Å². The fourth-order valence-electron chi connectivity index (χ4n) is 3.50. The van der Waals surface area contributed by atoms with Gasteiger partial charge >= 0.3 is 0 Å². The van der Waals surface area contributed by atoms with E-state index >= 15 is 0 Å². The lowest BCUT2D eigenvalue weighted by Crippen LogP contribution is -2.04. The second-order valence-corrected chi connectivity index (χ2v) is 9.00. The minimum atomic E-state index is 0.00171. The Morgan fingerprint density at radius 1 is 1.13 bits per heavy atom. The van der Waals surface area contributed by atoms with Crippen molar-refractivity contribution in [2.45, 2.75) is 13.3 Å². The Morgan fingerprint density at radius 2 is 1.97 bits per heavy atom. The fraction of sp³-hybridized carbons (Fsp3) is 0.130. The average Bonchev–Trinajstić information content (AvgIpc) is 3.34. The lowest BCUT2D eigenvalue weighted by atomic mass is 10.0. The number of aromatic nitrogens is 1. The highest BCUT2D eigenvalue weighted by molar-refractivity contribution is 9.10. The summed E-state index contributed by atoms with van der Waals surface area (Å²) in [6, 6.07) is 15.5. The molecule has 0 saturated carbocycles. The van der Waals surface area contributed by atoms with E-state index in [0.717, 1.165) is 42.8 Å². The monoisotopic (exact) mass is 480 g/mol. The molecule has 2 aromatic heterocycles. The lowest BCUT2D eigenvalue weighted by molar-refractivity contribution is 0.0997. The summed E-state index contributed by atoms with van der Waals surface area (Å²) in [6.45, 7) is 2.24. The number of Topliss-reactive ketones (excluding diaryl/α,β-unsaturated/α-hetero) is 1. The highest BCUT2D eigenvalue weighted by Crippen LogP contribution is 2.38. The Morgan fingerprint density at radius 3 is 2.80 bits per heavy atom. The van der Waals surface area contributed by atoms with Crippen LogP contribution in [0.3, 0.4) is 0 Å². The summed E-state index contributed by atoms with van der Waals surface area (Å²) < 4.78 is 11.9. The van der Waals surface area contributed by atoms with Gasteiger partial charge in [0.25, 0.3) is 0 Å². The first-order valence-corrected chi connectivity index (χ1v) is 11.0. The number of thiophene rings is 1. The highest BCUT2D eigenvalue weighted by atomic mass is 79.9. The molecule has 0 bridgehead atoms. The Labute approximate surface area is 185 Å². The van der Waals surface area contributed by atoms with Crippen LogP contribution in [0.25, 0.3) is 21.5 Å². The van der Waals surface area contributed by atoms with Crippen molar-refractivity contribution in [1.29, 1.82) is 0 Å². The summed E-state index contributed by atoms with van der Waals surface area (Å²) in [7, 11) is 0. The number of pyridine rings is 1. The second kappa shape index (κ2) is 7.41. The number of ether oxygens (including phenoxy) is 2. The Kier molecular flexibility index (Phi) is 4.72. The van der Waals surface area contributed by atoms with Gasteiger partial charge in [-0.3, -0.25) is 4.79 Å². The predicted octanol–water partition coefficient (Wildman–Crippen LogP) is 5.77. The van der Waals surface area contributed by atoms with Gasteiger partial charge in [0.2, 0.25) is 6.79 Å². The summed E-state index contributed by atoms with van der Waals surface area (Å²) in [5.41, 5.74) is 10.6. The number of nitrogens with two attached hydrogens (primary N) is 1. The number of ketones is 1. The minimum Gasteiger partial charge on any atom is -0.454 e. The molecule has 7 heteroatoms. The summed E-state index contributed by atoms with van der Waals surface area (Å²) >= 11 is 4.83. The van der Waals surface area contributed by atoms with Gasteiger partial charge in [0, 0.05) is 21.8 Å². The summed E-state index contributed by atoms with van der Waals surface area (Å²) in [5.74, 6) is 1.44. The standard InChI is InChI=1S/C23H17BrN2O3S/c1-12-8-13(2-5-16(12)24)9-18(27)22-21(25)15-4-6-17(26-23(15)30-22)14-3-7-19-20(10-14)29-11-28-19/h2-8,10H,9,11,25H2,1H3. The second-order valence-electron chi connectivity index (χ2n) is 7.15. The fourth-order valence-corrected chi connectivity index (χ4v) is 4.78. The molecule has 5 rings (SSSR count). The van der Waals surface area contributed by atoms with Gasteiger partial charge in [-0.15, -0.1) is 11.3 Å². The number of rotatable bonds is 4. The number of halogens is 1. The molecule has 3 heterocycles. The predicted molar refractivity (Wildman–Crippen MR) is 123 cm³/mol.